The monoisotopic (exact) mass is 441 g/mol. The van der Waals surface area contributed by atoms with Gasteiger partial charge in [-0.15, -0.1) is 0 Å². The number of hydrogen-bond donors (Lipinski definition) is 1. The van der Waals surface area contributed by atoms with E-state index in [9.17, 15) is 9.18 Å². The summed E-state index contributed by atoms with van der Waals surface area (Å²) in [6.45, 7) is 2.78. The summed E-state index contributed by atoms with van der Waals surface area (Å²) in [7, 11) is 1.60. The minimum atomic E-state index is -0.250. The Morgan fingerprint density at radius 2 is 2.00 bits per heavy atom. The lowest BCUT2D eigenvalue weighted by molar-refractivity contribution is 0.215. The Kier molecular flexibility index (Phi) is 6.61. The minimum absolute atomic E-state index is 0.121. The number of aromatic nitrogens is 2. The Balaban J connectivity index is 1.34. The van der Waals surface area contributed by atoms with Gasteiger partial charge in [0.25, 0.3) is 0 Å². The van der Waals surface area contributed by atoms with E-state index in [2.05, 4.69) is 19.6 Å². The molecule has 0 saturated carbocycles. The van der Waals surface area contributed by atoms with Gasteiger partial charge in [-0.25, -0.2) is 14.2 Å². The Hall–Kier alpha value is -3.20. The summed E-state index contributed by atoms with van der Waals surface area (Å²) < 4.78 is 22.7. The number of hydrogen-bond acceptors (Lipinski definition) is 6. The number of nitrogens with one attached hydrogen (secondary N) is 1. The van der Waals surface area contributed by atoms with Gasteiger partial charge in [-0.05, 0) is 36.2 Å². The summed E-state index contributed by atoms with van der Waals surface area (Å²) in [6.07, 6.45) is 1.41. The number of anilines is 2. The first-order valence-corrected chi connectivity index (χ1v) is 10.9. The van der Waals surface area contributed by atoms with Crippen LogP contribution in [0.1, 0.15) is 17.8 Å². The largest absolute Gasteiger partial charge is 0.497 e. The lowest BCUT2D eigenvalue weighted by Crippen LogP contribution is -2.38. The Labute approximate surface area is 184 Å². The number of carbonyl (C=O) groups is 1. The summed E-state index contributed by atoms with van der Waals surface area (Å²) in [5.41, 5.74) is 1.68. The average molecular weight is 442 g/mol. The fourth-order valence-corrected chi connectivity index (χ4v) is 4.18. The van der Waals surface area contributed by atoms with Crippen molar-refractivity contribution in [2.75, 3.05) is 43.5 Å². The highest BCUT2D eigenvalue weighted by atomic mass is 32.1. The molecule has 1 N–H and O–H groups in total. The van der Waals surface area contributed by atoms with Gasteiger partial charge in [-0.2, -0.15) is 4.37 Å². The second-order valence-electron chi connectivity index (χ2n) is 7.29. The minimum Gasteiger partial charge on any atom is -0.497 e. The number of methoxy groups -OCH3 is 1. The molecular formula is C22H24FN5O2S. The molecule has 4 rings (SSSR count). The molecule has 31 heavy (non-hydrogen) atoms. The van der Waals surface area contributed by atoms with Gasteiger partial charge in [0.2, 0.25) is 5.13 Å². The van der Waals surface area contributed by atoms with Crippen LogP contribution in [-0.4, -0.2) is 53.6 Å². The normalized spacial score (nSPS) is 14.3. The van der Waals surface area contributed by atoms with Crippen LogP contribution in [0.3, 0.4) is 0 Å². The lowest BCUT2D eigenvalue weighted by Gasteiger charge is -2.22. The molecule has 2 amide bonds. The quantitative estimate of drug-likeness (QED) is 0.648. The second kappa shape index (κ2) is 9.74. The molecule has 162 valence electrons. The number of ether oxygens (including phenoxy) is 1. The van der Waals surface area contributed by atoms with Crippen molar-refractivity contribution in [1.29, 1.82) is 0 Å². The molecule has 1 saturated heterocycles. The molecule has 9 heteroatoms. The van der Waals surface area contributed by atoms with E-state index in [1.165, 1.54) is 23.7 Å². The third-order valence-corrected chi connectivity index (χ3v) is 5.92. The van der Waals surface area contributed by atoms with Gasteiger partial charge >= 0.3 is 6.03 Å². The molecule has 0 bridgehead atoms. The molecule has 1 aliphatic heterocycles. The van der Waals surface area contributed by atoms with Crippen LogP contribution in [0.4, 0.5) is 20.0 Å². The van der Waals surface area contributed by atoms with Crippen LogP contribution in [0.2, 0.25) is 0 Å². The van der Waals surface area contributed by atoms with Crippen LogP contribution >= 0.6 is 11.5 Å². The summed E-state index contributed by atoms with van der Waals surface area (Å²) in [5.74, 6) is 1.18. The van der Waals surface area contributed by atoms with Crippen molar-refractivity contribution in [3.63, 3.8) is 0 Å². The highest BCUT2D eigenvalue weighted by Gasteiger charge is 2.21. The predicted octanol–water partition coefficient (Wildman–Crippen LogP) is 4.02. The fourth-order valence-electron chi connectivity index (χ4n) is 3.45. The summed E-state index contributed by atoms with van der Waals surface area (Å²) in [4.78, 5) is 21.3. The van der Waals surface area contributed by atoms with E-state index < -0.39 is 0 Å². The molecule has 7 nitrogen and oxygen atoms in total. The summed E-state index contributed by atoms with van der Waals surface area (Å²) >= 11 is 1.36. The van der Waals surface area contributed by atoms with Crippen molar-refractivity contribution in [2.45, 2.75) is 12.8 Å². The molecule has 1 aromatic heterocycles. The van der Waals surface area contributed by atoms with E-state index in [0.29, 0.717) is 37.5 Å². The molecule has 2 heterocycles. The van der Waals surface area contributed by atoms with E-state index in [0.717, 1.165) is 29.5 Å². The number of halogens is 1. The van der Waals surface area contributed by atoms with E-state index >= 15 is 0 Å². The molecular weight excluding hydrogens is 417 g/mol. The Bertz CT molecular complexity index is 1030. The van der Waals surface area contributed by atoms with E-state index in [1.54, 1.807) is 25.3 Å². The number of urea groups is 1. The van der Waals surface area contributed by atoms with Crippen LogP contribution in [0.5, 0.6) is 5.75 Å². The molecule has 1 aliphatic rings. The Morgan fingerprint density at radius 3 is 2.81 bits per heavy atom. The third-order valence-electron chi connectivity index (χ3n) is 5.11. The van der Waals surface area contributed by atoms with Crippen molar-refractivity contribution in [3.05, 3.63) is 65.7 Å². The number of amides is 2. The van der Waals surface area contributed by atoms with Crippen molar-refractivity contribution in [1.82, 2.24) is 14.3 Å². The third kappa shape index (κ3) is 5.49. The zero-order valence-electron chi connectivity index (χ0n) is 17.3. The van der Waals surface area contributed by atoms with Gasteiger partial charge in [0.05, 0.1) is 7.11 Å². The lowest BCUT2D eigenvalue weighted by atomic mass is 10.1. The molecule has 0 atom stereocenters. The van der Waals surface area contributed by atoms with Crippen molar-refractivity contribution in [2.24, 2.45) is 0 Å². The van der Waals surface area contributed by atoms with Gasteiger partial charge in [-0.3, -0.25) is 0 Å². The summed E-state index contributed by atoms with van der Waals surface area (Å²) in [5, 5.41) is 3.79. The molecule has 0 unspecified atom stereocenters. The van der Waals surface area contributed by atoms with Gasteiger partial charge < -0.3 is 19.9 Å². The van der Waals surface area contributed by atoms with E-state index in [4.69, 9.17) is 4.74 Å². The first kappa shape index (κ1) is 21.0. The molecule has 0 spiro atoms. The first-order valence-electron chi connectivity index (χ1n) is 10.1. The number of carbonyl (C=O) groups excluding carboxylic acids is 1. The maximum absolute atomic E-state index is 13.1. The standard InChI is InChI=1S/C22H24FN5O2S/c1-30-19-5-2-4-18(15-19)24-21(29)27-10-3-11-28(13-12-27)22-25-20(26-31-22)14-16-6-8-17(23)9-7-16/h2,4-9,15H,3,10-14H2,1H3,(H,24,29). The summed E-state index contributed by atoms with van der Waals surface area (Å²) in [6, 6.07) is 13.6. The maximum Gasteiger partial charge on any atom is 0.321 e. The number of benzene rings is 2. The first-order chi connectivity index (χ1) is 15.1. The van der Waals surface area contributed by atoms with Crippen LogP contribution in [0.15, 0.2) is 48.5 Å². The molecule has 0 radical (unpaired) electrons. The molecule has 3 aromatic rings. The van der Waals surface area contributed by atoms with E-state index in [1.807, 2.05) is 23.1 Å². The maximum atomic E-state index is 13.1. The average Bonchev–Trinajstić information content (AvgIpc) is 3.10. The van der Waals surface area contributed by atoms with Gasteiger partial charge in [0.15, 0.2) is 0 Å². The zero-order chi connectivity index (χ0) is 21.6. The van der Waals surface area contributed by atoms with E-state index in [-0.39, 0.29) is 11.8 Å². The molecule has 1 fully saturated rings. The van der Waals surface area contributed by atoms with Crippen molar-refractivity contribution >= 4 is 28.4 Å². The van der Waals surface area contributed by atoms with Crippen LogP contribution in [0.25, 0.3) is 0 Å². The molecule has 0 aliphatic carbocycles. The predicted molar refractivity (Wildman–Crippen MR) is 120 cm³/mol. The molecule has 2 aromatic carbocycles. The van der Waals surface area contributed by atoms with Crippen LogP contribution in [0, 0.1) is 5.82 Å². The fraction of sp³-hybridized carbons (Fsp3) is 0.318. The topological polar surface area (TPSA) is 70.6 Å². The Morgan fingerprint density at radius 1 is 1.16 bits per heavy atom. The smallest absolute Gasteiger partial charge is 0.321 e. The highest BCUT2D eigenvalue weighted by molar-refractivity contribution is 7.09. The van der Waals surface area contributed by atoms with Crippen LogP contribution in [-0.2, 0) is 6.42 Å². The highest BCUT2D eigenvalue weighted by Crippen LogP contribution is 2.22. The number of nitrogens with zero attached hydrogens (tertiary/aromatic N) is 4. The van der Waals surface area contributed by atoms with Gasteiger partial charge in [0, 0.05) is 55.9 Å². The van der Waals surface area contributed by atoms with Crippen molar-refractivity contribution in [3.8, 4) is 5.75 Å². The van der Waals surface area contributed by atoms with Gasteiger partial charge in [-0.1, -0.05) is 18.2 Å². The zero-order valence-corrected chi connectivity index (χ0v) is 18.1. The SMILES string of the molecule is COc1cccc(NC(=O)N2CCCN(c3nc(Cc4ccc(F)cc4)ns3)CC2)c1. The van der Waals surface area contributed by atoms with Crippen molar-refractivity contribution < 1.29 is 13.9 Å². The second-order valence-corrected chi connectivity index (χ2v) is 8.02. The van der Waals surface area contributed by atoms with Gasteiger partial charge in [0.1, 0.15) is 17.4 Å². The number of rotatable bonds is 5. The van der Waals surface area contributed by atoms with Crippen LogP contribution < -0.4 is 15.0 Å².